The van der Waals surface area contributed by atoms with Crippen molar-refractivity contribution in [1.82, 2.24) is 9.38 Å². The fourth-order valence-electron chi connectivity index (χ4n) is 2.12. The summed E-state index contributed by atoms with van der Waals surface area (Å²) in [5.41, 5.74) is 1.88. The smallest absolute Gasteiger partial charge is 0.355 e. The first-order chi connectivity index (χ1) is 10.2. The van der Waals surface area contributed by atoms with Crippen LogP contribution in [0, 0.1) is 0 Å². The van der Waals surface area contributed by atoms with Crippen LogP contribution in [0.2, 0.25) is 5.02 Å². The molecular formula is C16H11ClN2O2. The van der Waals surface area contributed by atoms with Crippen LogP contribution in [-0.2, 0) is 0 Å². The number of imidazole rings is 1. The van der Waals surface area contributed by atoms with Crippen LogP contribution < -0.4 is 0 Å². The van der Waals surface area contributed by atoms with Crippen LogP contribution in [0.15, 0.2) is 48.7 Å². The van der Waals surface area contributed by atoms with Crippen molar-refractivity contribution in [3.63, 3.8) is 0 Å². The molecule has 0 aliphatic carbocycles. The van der Waals surface area contributed by atoms with Crippen LogP contribution in [-0.4, -0.2) is 20.5 Å². The number of hydrogen-bond donors (Lipinski definition) is 1. The van der Waals surface area contributed by atoms with E-state index in [1.165, 1.54) is 4.40 Å². The lowest BCUT2D eigenvalue weighted by Crippen LogP contribution is -2.03. The molecule has 0 bridgehead atoms. The monoisotopic (exact) mass is 298 g/mol. The molecule has 0 fully saturated rings. The first kappa shape index (κ1) is 13.4. The number of nitrogens with zero attached hydrogens (tertiary/aromatic N) is 2. The van der Waals surface area contributed by atoms with Gasteiger partial charge in [-0.05, 0) is 23.8 Å². The number of hydrogen-bond acceptors (Lipinski definition) is 2. The van der Waals surface area contributed by atoms with Gasteiger partial charge in [0, 0.05) is 6.20 Å². The van der Waals surface area contributed by atoms with E-state index in [4.69, 9.17) is 11.6 Å². The van der Waals surface area contributed by atoms with Crippen LogP contribution >= 0.6 is 11.6 Å². The van der Waals surface area contributed by atoms with E-state index < -0.39 is 5.97 Å². The molecule has 4 nitrogen and oxygen atoms in total. The Hall–Kier alpha value is -2.59. The number of carboxylic acid groups (broad SMARTS) is 1. The number of carbonyl (C=O) groups is 1. The van der Waals surface area contributed by atoms with E-state index in [0.717, 1.165) is 5.56 Å². The minimum atomic E-state index is -1.04. The van der Waals surface area contributed by atoms with Gasteiger partial charge in [0.25, 0.3) is 0 Å². The third-order valence-electron chi connectivity index (χ3n) is 3.07. The van der Waals surface area contributed by atoms with E-state index in [1.54, 1.807) is 24.4 Å². The minimum absolute atomic E-state index is 0.0969. The maximum absolute atomic E-state index is 11.5. The summed E-state index contributed by atoms with van der Waals surface area (Å²) in [7, 11) is 0. The van der Waals surface area contributed by atoms with Crippen molar-refractivity contribution in [2.24, 2.45) is 0 Å². The van der Waals surface area contributed by atoms with Crippen molar-refractivity contribution in [2.45, 2.75) is 0 Å². The highest BCUT2D eigenvalue weighted by molar-refractivity contribution is 6.33. The third kappa shape index (κ3) is 2.53. The summed E-state index contributed by atoms with van der Waals surface area (Å²) >= 11 is 6.06. The Labute approximate surface area is 125 Å². The summed E-state index contributed by atoms with van der Waals surface area (Å²) in [5, 5.41) is 9.82. The SMILES string of the molecule is O=C(O)c1c(/C=C/c2ccccc2)nc2c(Cl)cccn12. The van der Waals surface area contributed by atoms with Gasteiger partial charge >= 0.3 is 5.97 Å². The Kier molecular flexibility index (Phi) is 3.46. The molecule has 104 valence electrons. The molecule has 3 rings (SSSR count). The molecule has 0 atom stereocenters. The summed E-state index contributed by atoms with van der Waals surface area (Å²) in [4.78, 5) is 15.8. The summed E-state index contributed by atoms with van der Waals surface area (Å²) < 4.78 is 1.48. The lowest BCUT2D eigenvalue weighted by molar-refractivity contribution is 0.0689. The second kappa shape index (κ2) is 5.42. The molecule has 2 aromatic heterocycles. The third-order valence-corrected chi connectivity index (χ3v) is 3.36. The molecule has 21 heavy (non-hydrogen) atoms. The normalized spacial score (nSPS) is 11.3. The van der Waals surface area contributed by atoms with Crippen LogP contribution in [0.3, 0.4) is 0 Å². The summed E-state index contributed by atoms with van der Waals surface area (Å²) in [6.07, 6.45) is 5.14. The topological polar surface area (TPSA) is 54.6 Å². The first-order valence-electron chi connectivity index (χ1n) is 6.30. The van der Waals surface area contributed by atoms with Crippen molar-refractivity contribution in [3.05, 3.63) is 70.6 Å². The second-order valence-corrected chi connectivity index (χ2v) is 4.85. The lowest BCUT2D eigenvalue weighted by Gasteiger charge is -1.97. The van der Waals surface area contributed by atoms with E-state index in [9.17, 15) is 9.90 Å². The number of fused-ring (bicyclic) bond motifs is 1. The lowest BCUT2D eigenvalue weighted by atomic mass is 10.2. The number of benzene rings is 1. The van der Waals surface area contributed by atoms with Crippen molar-refractivity contribution >= 4 is 35.4 Å². The number of rotatable bonds is 3. The number of aromatic nitrogens is 2. The fourth-order valence-corrected chi connectivity index (χ4v) is 2.33. The van der Waals surface area contributed by atoms with Gasteiger partial charge < -0.3 is 5.11 Å². The van der Waals surface area contributed by atoms with Gasteiger partial charge in [0.05, 0.1) is 10.7 Å². The molecular weight excluding hydrogens is 288 g/mol. The minimum Gasteiger partial charge on any atom is -0.476 e. The van der Waals surface area contributed by atoms with Crippen LogP contribution in [0.25, 0.3) is 17.8 Å². The van der Waals surface area contributed by atoms with Crippen LogP contribution in [0.1, 0.15) is 21.7 Å². The van der Waals surface area contributed by atoms with E-state index in [-0.39, 0.29) is 5.69 Å². The van der Waals surface area contributed by atoms with E-state index in [1.807, 2.05) is 36.4 Å². The Bertz CT molecular complexity index is 838. The molecule has 0 unspecified atom stereocenters. The van der Waals surface area contributed by atoms with Gasteiger partial charge in [-0.25, -0.2) is 9.78 Å². The average Bonchev–Trinajstić information content (AvgIpc) is 2.86. The van der Waals surface area contributed by atoms with E-state index in [0.29, 0.717) is 16.4 Å². The molecule has 1 N–H and O–H groups in total. The number of carboxylic acids is 1. The highest BCUT2D eigenvalue weighted by Gasteiger charge is 2.17. The van der Waals surface area contributed by atoms with Crippen molar-refractivity contribution in [1.29, 1.82) is 0 Å². The Morgan fingerprint density at radius 1 is 1.14 bits per heavy atom. The molecule has 5 heteroatoms. The maximum Gasteiger partial charge on any atom is 0.355 e. The predicted octanol–water partition coefficient (Wildman–Crippen LogP) is 3.86. The Morgan fingerprint density at radius 3 is 2.62 bits per heavy atom. The van der Waals surface area contributed by atoms with Gasteiger partial charge in [-0.2, -0.15) is 0 Å². The molecule has 2 heterocycles. The Balaban J connectivity index is 2.14. The van der Waals surface area contributed by atoms with Gasteiger partial charge in [0.15, 0.2) is 11.3 Å². The zero-order valence-corrected chi connectivity index (χ0v) is 11.7. The highest BCUT2D eigenvalue weighted by Crippen LogP contribution is 2.21. The average molecular weight is 299 g/mol. The van der Waals surface area contributed by atoms with E-state index >= 15 is 0 Å². The maximum atomic E-state index is 11.5. The molecule has 3 aromatic rings. The number of pyridine rings is 1. The zero-order valence-electron chi connectivity index (χ0n) is 10.9. The second-order valence-electron chi connectivity index (χ2n) is 4.44. The fraction of sp³-hybridized carbons (Fsp3) is 0. The molecule has 0 aliphatic heterocycles. The highest BCUT2D eigenvalue weighted by atomic mass is 35.5. The predicted molar refractivity (Wildman–Crippen MR) is 82.5 cm³/mol. The van der Waals surface area contributed by atoms with Crippen molar-refractivity contribution in [3.8, 4) is 0 Å². The molecule has 1 aromatic carbocycles. The standard InChI is InChI=1S/C16H11ClN2O2/c17-12-7-4-10-19-14(16(20)21)13(18-15(12)19)9-8-11-5-2-1-3-6-11/h1-10H,(H,20,21)/b9-8+. The van der Waals surface area contributed by atoms with Crippen molar-refractivity contribution in [2.75, 3.05) is 0 Å². The van der Waals surface area contributed by atoms with Crippen LogP contribution in [0.5, 0.6) is 0 Å². The van der Waals surface area contributed by atoms with Crippen LogP contribution in [0.4, 0.5) is 0 Å². The number of aromatic carboxylic acids is 1. The largest absolute Gasteiger partial charge is 0.476 e. The molecule has 0 radical (unpaired) electrons. The Morgan fingerprint density at radius 2 is 1.90 bits per heavy atom. The first-order valence-corrected chi connectivity index (χ1v) is 6.67. The zero-order chi connectivity index (χ0) is 14.8. The summed E-state index contributed by atoms with van der Waals surface area (Å²) in [5.74, 6) is -1.04. The molecule has 0 saturated heterocycles. The molecule has 0 saturated carbocycles. The van der Waals surface area contributed by atoms with Gasteiger partial charge in [-0.15, -0.1) is 0 Å². The summed E-state index contributed by atoms with van der Waals surface area (Å²) in [6, 6.07) is 13.0. The molecule has 0 aliphatic rings. The molecule has 0 amide bonds. The van der Waals surface area contributed by atoms with E-state index in [2.05, 4.69) is 4.98 Å². The van der Waals surface area contributed by atoms with Crippen molar-refractivity contribution < 1.29 is 9.90 Å². The van der Waals surface area contributed by atoms with Gasteiger partial charge in [0.1, 0.15) is 0 Å². The van der Waals surface area contributed by atoms with Gasteiger partial charge in [0.2, 0.25) is 0 Å². The van der Waals surface area contributed by atoms with Gasteiger partial charge in [-0.1, -0.05) is 48.0 Å². The molecule has 0 spiro atoms. The number of halogens is 1. The summed E-state index contributed by atoms with van der Waals surface area (Å²) in [6.45, 7) is 0. The van der Waals surface area contributed by atoms with Gasteiger partial charge in [-0.3, -0.25) is 4.40 Å². The quantitative estimate of drug-likeness (QED) is 0.799.